The summed E-state index contributed by atoms with van der Waals surface area (Å²) in [7, 11) is 0. The molecule has 1 aromatic carbocycles. The number of rotatable bonds is 1. The molecule has 1 aromatic rings. The van der Waals surface area contributed by atoms with Crippen LogP contribution in [0.2, 0.25) is 0 Å². The average Bonchev–Trinajstić information content (AvgIpc) is 2.92. The van der Waals surface area contributed by atoms with Gasteiger partial charge in [-0.05, 0) is 31.4 Å². The van der Waals surface area contributed by atoms with Crippen LogP contribution in [-0.2, 0) is 6.54 Å². The Bertz CT molecular complexity index is 483. The van der Waals surface area contributed by atoms with Gasteiger partial charge in [-0.3, -0.25) is 0 Å². The highest BCUT2D eigenvalue weighted by Crippen LogP contribution is 2.36. The fourth-order valence-electron chi connectivity index (χ4n) is 3.77. The molecular formula is C15H22N2O2+2. The summed E-state index contributed by atoms with van der Waals surface area (Å²) in [6.07, 6.45) is 4.17. The third-order valence-corrected chi connectivity index (χ3v) is 4.77. The third-order valence-electron chi connectivity index (χ3n) is 4.77. The van der Waals surface area contributed by atoms with Gasteiger partial charge in [0.2, 0.25) is 6.79 Å². The summed E-state index contributed by atoms with van der Waals surface area (Å²) in [4.78, 5) is 1.77. The largest absolute Gasteiger partial charge is 0.454 e. The molecular weight excluding hydrogens is 240 g/mol. The van der Waals surface area contributed by atoms with Crippen molar-refractivity contribution in [3.63, 3.8) is 0 Å². The van der Waals surface area contributed by atoms with Crippen LogP contribution in [0.3, 0.4) is 0 Å². The van der Waals surface area contributed by atoms with E-state index in [-0.39, 0.29) is 0 Å². The fourth-order valence-corrected chi connectivity index (χ4v) is 3.77. The first-order valence-electron chi connectivity index (χ1n) is 7.50. The standard InChI is InChI=1S/C15H20N2O2/c1-2-4-17(5-3-1)13-9-16-8-11-6-14-15(7-12(11)13)19-10-18-14/h6-7,13,16H,1-5,8-10H2/p+2/t13-/m1/s1. The molecule has 1 atom stereocenters. The summed E-state index contributed by atoms with van der Waals surface area (Å²) in [5, 5.41) is 2.44. The topological polar surface area (TPSA) is 39.5 Å². The van der Waals surface area contributed by atoms with Gasteiger partial charge in [0.25, 0.3) is 0 Å². The molecule has 0 spiro atoms. The van der Waals surface area contributed by atoms with Crippen LogP contribution in [0.5, 0.6) is 11.5 Å². The molecule has 3 aliphatic heterocycles. The van der Waals surface area contributed by atoms with E-state index in [2.05, 4.69) is 17.4 Å². The van der Waals surface area contributed by atoms with Crippen LogP contribution in [0.4, 0.5) is 0 Å². The van der Waals surface area contributed by atoms with Crippen molar-refractivity contribution < 1.29 is 19.7 Å². The number of ether oxygens (including phenoxy) is 2. The minimum atomic E-state index is 0.378. The molecule has 0 saturated carbocycles. The lowest BCUT2D eigenvalue weighted by Crippen LogP contribution is -3.16. The molecule has 0 aliphatic carbocycles. The Kier molecular flexibility index (Phi) is 2.85. The van der Waals surface area contributed by atoms with Crippen LogP contribution in [0, 0.1) is 0 Å². The first kappa shape index (κ1) is 11.6. The van der Waals surface area contributed by atoms with Crippen molar-refractivity contribution in [3.8, 4) is 11.5 Å². The van der Waals surface area contributed by atoms with Crippen LogP contribution in [0.1, 0.15) is 36.4 Å². The van der Waals surface area contributed by atoms with Gasteiger partial charge in [0, 0.05) is 11.1 Å². The van der Waals surface area contributed by atoms with E-state index in [0.717, 1.165) is 18.0 Å². The van der Waals surface area contributed by atoms with Crippen molar-refractivity contribution in [1.82, 2.24) is 0 Å². The van der Waals surface area contributed by atoms with Crippen LogP contribution in [0.15, 0.2) is 12.1 Å². The van der Waals surface area contributed by atoms with Gasteiger partial charge in [-0.25, -0.2) is 0 Å². The molecule has 1 saturated heterocycles. The summed E-state index contributed by atoms with van der Waals surface area (Å²) in [6, 6.07) is 5.08. The summed E-state index contributed by atoms with van der Waals surface area (Å²) in [5.41, 5.74) is 2.95. The van der Waals surface area contributed by atoms with E-state index >= 15 is 0 Å². The lowest BCUT2D eigenvalue weighted by molar-refractivity contribution is -0.952. The Morgan fingerprint density at radius 3 is 2.68 bits per heavy atom. The minimum absolute atomic E-state index is 0.378. The number of nitrogens with two attached hydrogens (primary N) is 1. The van der Waals surface area contributed by atoms with E-state index in [4.69, 9.17) is 9.47 Å². The van der Waals surface area contributed by atoms with E-state index in [0.29, 0.717) is 12.8 Å². The van der Waals surface area contributed by atoms with Gasteiger partial charge in [0.05, 0.1) is 13.1 Å². The van der Waals surface area contributed by atoms with Crippen LogP contribution in [-0.4, -0.2) is 26.4 Å². The molecule has 3 heterocycles. The maximum atomic E-state index is 5.56. The number of benzene rings is 1. The van der Waals surface area contributed by atoms with E-state index in [1.807, 2.05) is 0 Å². The average molecular weight is 262 g/mol. The Morgan fingerprint density at radius 1 is 1.05 bits per heavy atom. The van der Waals surface area contributed by atoms with Gasteiger partial charge in [0.1, 0.15) is 13.1 Å². The molecule has 0 aromatic heterocycles. The van der Waals surface area contributed by atoms with Gasteiger partial charge >= 0.3 is 0 Å². The SMILES string of the molecule is c1c2c(cc3c1OCO3)[C@H]([NH+]1CCCCC1)C[NH2+]C2. The molecule has 4 rings (SSSR count). The second-order valence-corrected chi connectivity index (χ2v) is 5.90. The van der Waals surface area contributed by atoms with E-state index in [1.54, 1.807) is 4.90 Å². The normalized spacial score (nSPS) is 26.2. The quantitative estimate of drug-likeness (QED) is 0.723. The van der Waals surface area contributed by atoms with Crippen molar-refractivity contribution >= 4 is 0 Å². The predicted molar refractivity (Wildman–Crippen MR) is 70.4 cm³/mol. The molecule has 0 bridgehead atoms. The molecule has 0 radical (unpaired) electrons. The molecule has 102 valence electrons. The first-order chi connectivity index (χ1) is 9.42. The van der Waals surface area contributed by atoms with Crippen molar-refractivity contribution in [2.45, 2.75) is 31.8 Å². The van der Waals surface area contributed by atoms with Crippen molar-refractivity contribution in [2.75, 3.05) is 26.4 Å². The van der Waals surface area contributed by atoms with E-state index in [1.165, 1.54) is 50.0 Å². The third kappa shape index (κ3) is 1.99. The second kappa shape index (κ2) is 4.69. The summed E-state index contributed by atoms with van der Waals surface area (Å²) >= 11 is 0. The molecule has 1 fully saturated rings. The number of nitrogens with one attached hydrogen (secondary N) is 1. The summed E-state index contributed by atoms with van der Waals surface area (Å²) in [5.74, 6) is 1.88. The van der Waals surface area contributed by atoms with Crippen molar-refractivity contribution in [2.24, 2.45) is 0 Å². The number of quaternary nitrogens is 2. The highest BCUT2D eigenvalue weighted by molar-refractivity contribution is 5.49. The zero-order chi connectivity index (χ0) is 12.7. The number of piperidine rings is 1. The smallest absolute Gasteiger partial charge is 0.231 e. The van der Waals surface area contributed by atoms with Crippen LogP contribution >= 0.6 is 0 Å². The van der Waals surface area contributed by atoms with Crippen molar-refractivity contribution in [3.05, 3.63) is 23.3 Å². The molecule has 3 aliphatic rings. The van der Waals surface area contributed by atoms with Gasteiger partial charge in [-0.15, -0.1) is 0 Å². The number of hydrogen-bond donors (Lipinski definition) is 2. The Labute approximate surface area is 113 Å². The zero-order valence-electron chi connectivity index (χ0n) is 11.3. The van der Waals surface area contributed by atoms with Crippen molar-refractivity contribution in [1.29, 1.82) is 0 Å². The second-order valence-electron chi connectivity index (χ2n) is 5.90. The monoisotopic (exact) mass is 262 g/mol. The molecule has 3 N–H and O–H groups in total. The summed E-state index contributed by atoms with van der Waals surface area (Å²) in [6.45, 7) is 5.32. The lowest BCUT2D eigenvalue weighted by atomic mass is 9.93. The lowest BCUT2D eigenvalue weighted by Gasteiger charge is -2.33. The summed E-state index contributed by atoms with van der Waals surface area (Å²) < 4.78 is 11.1. The maximum Gasteiger partial charge on any atom is 0.231 e. The molecule has 0 amide bonds. The predicted octanol–water partition coefficient (Wildman–Crippen LogP) is -0.398. The fraction of sp³-hybridized carbons (Fsp3) is 0.600. The Balaban J connectivity index is 1.69. The Hall–Kier alpha value is -1.26. The van der Waals surface area contributed by atoms with E-state index in [9.17, 15) is 0 Å². The first-order valence-corrected chi connectivity index (χ1v) is 7.50. The minimum Gasteiger partial charge on any atom is -0.454 e. The maximum absolute atomic E-state index is 5.56. The molecule has 0 unspecified atom stereocenters. The van der Waals surface area contributed by atoms with Crippen LogP contribution in [0.25, 0.3) is 0 Å². The van der Waals surface area contributed by atoms with E-state index < -0.39 is 0 Å². The van der Waals surface area contributed by atoms with Gasteiger partial charge in [-0.1, -0.05) is 0 Å². The zero-order valence-corrected chi connectivity index (χ0v) is 11.3. The van der Waals surface area contributed by atoms with Gasteiger partial charge < -0.3 is 19.7 Å². The highest BCUT2D eigenvalue weighted by atomic mass is 16.7. The van der Waals surface area contributed by atoms with Gasteiger partial charge in [-0.2, -0.15) is 0 Å². The number of likely N-dealkylation sites (tertiary alicyclic amines) is 1. The molecule has 19 heavy (non-hydrogen) atoms. The molecule has 4 heteroatoms. The van der Waals surface area contributed by atoms with Gasteiger partial charge in [0.15, 0.2) is 17.5 Å². The number of fused-ring (bicyclic) bond motifs is 2. The van der Waals surface area contributed by atoms with Crippen LogP contribution < -0.4 is 19.7 Å². The Morgan fingerprint density at radius 2 is 1.84 bits per heavy atom. The highest BCUT2D eigenvalue weighted by Gasteiger charge is 2.34. The molecule has 4 nitrogen and oxygen atoms in total. The number of hydrogen-bond acceptors (Lipinski definition) is 2.